The number of rotatable bonds is 4. The first kappa shape index (κ1) is 17.9. The number of hydrogen-bond donors (Lipinski definition) is 1. The summed E-state index contributed by atoms with van der Waals surface area (Å²) in [7, 11) is 0. The second-order valence-electron chi connectivity index (χ2n) is 5.95. The third-order valence-corrected chi connectivity index (χ3v) is 4.83. The van der Waals surface area contributed by atoms with Crippen LogP contribution in [0.4, 0.5) is 14.5 Å². The fourth-order valence-electron chi connectivity index (χ4n) is 2.65. The summed E-state index contributed by atoms with van der Waals surface area (Å²) in [6.07, 6.45) is 1.27. The second-order valence-corrected chi connectivity index (χ2v) is 6.72. The number of nitrogens with one attached hydrogen (secondary N) is 1. The van der Waals surface area contributed by atoms with Crippen molar-refractivity contribution in [3.05, 3.63) is 76.8 Å². The van der Waals surface area contributed by atoms with E-state index in [1.165, 1.54) is 47.3 Å². The maximum atomic E-state index is 13.1. The maximum Gasteiger partial charge on any atom is 0.273 e. The first-order valence-electron chi connectivity index (χ1n) is 8.17. The van der Waals surface area contributed by atoms with E-state index in [1.807, 2.05) is 0 Å². The zero-order valence-corrected chi connectivity index (χ0v) is 15.0. The van der Waals surface area contributed by atoms with Gasteiger partial charge < -0.3 is 5.32 Å². The molecule has 0 aliphatic carbocycles. The van der Waals surface area contributed by atoms with Gasteiger partial charge in [0.1, 0.15) is 34.1 Å². The summed E-state index contributed by atoms with van der Waals surface area (Å²) in [5.74, 6) is -1.23. The summed E-state index contributed by atoms with van der Waals surface area (Å²) >= 11 is 0.973. The molecular weight excluding hydrogens is 386 g/mol. The highest BCUT2D eigenvalue weighted by Crippen LogP contribution is 2.27. The number of benzene rings is 2. The number of aromatic nitrogens is 3. The van der Waals surface area contributed by atoms with Gasteiger partial charge in [-0.2, -0.15) is 4.37 Å². The smallest absolute Gasteiger partial charge is 0.273 e. The van der Waals surface area contributed by atoms with Crippen molar-refractivity contribution in [3.63, 3.8) is 0 Å². The summed E-state index contributed by atoms with van der Waals surface area (Å²) in [5, 5.41) is 2.59. The van der Waals surface area contributed by atoms with Crippen LogP contribution >= 0.6 is 11.5 Å². The van der Waals surface area contributed by atoms with Crippen LogP contribution in [-0.2, 0) is 11.3 Å². The number of amides is 1. The van der Waals surface area contributed by atoms with Crippen molar-refractivity contribution in [1.82, 2.24) is 13.9 Å². The highest BCUT2D eigenvalue weighted by Gasteiger charge is 2.15. The van der Waals surface area contributed by atoms with Crippen LogP contribution in [-0.4, -0.2) is 19.8 Å². The lowest BCUT2D eigenvalue weighted by atomic mass is 10.1. The van der Waals surface area contributed by atoms with Gasteiger partial charge in [0.05, 0.1) is 6.33 Å². The van der Waals surface area contributed by atoms with Gasteiger partial charge in [-0.1, -0.05) is 0 Å². The predicted molar refractivity (Wildman–Crippen MR) is 102 cm³/mol. The van der Waals surface area contributed by atoms with Crippen LogP contribution in [0.15, 0.2) is 59.7 Å². The van der Waals surface area contributed by atoms with Crippen LogP contribution in [0.1, 0.15) is 0 Å². The molecule has 6 nitrogen and oxygen atoms in total. The molecule has 1 N–H and O–H groups in total. The van der Waals surface area contributed by atoms with Crippen molar-refractivity contribution in [1.29, 1.82) is 0 Å². The summed E-state index contributed by atoms with van der Waals surface area (Å²) in [4.78, 5) is 29.1. The lowest BCUT2D eigenvalue weighted by molar-refractivity contribution is -0.116. The molecule has 0 unspecified atom stereocenters. The standard InChI is InChI=1S/C19H12F2N4O2S/c20-12-3-1-11(2-4-12)16-17-18(28-24-16)19(27)25(10-22-17)9-15(26)23-14-7-5-13(21)6-8-14/h1-8,10H,9H2,(H,23,26). The molecule has 0 aliphatic rings. The fourth-order valence-corrected chi connectivity index (χ4v) is 3.46. The Labute approximate surface area is 161 Å². The fraction of sp³-hybridized carbons (Fsp3) is 0.0526. The number of hydrogen-bond acceptors (Lipinski definition) is 5. The molecule has 0 aliphatic heterocycles. The van der Waals surface area contributed by atoms with Crippen molar-refractivity contribution >= 4 is 33.3 Å². The van der Waals surface area contributed by atoms with Gasteiger partial charge in [-0.05, 0) is 60.1 Å². The number of anilines is 1. The molecule has 0 fully saturated rings. The Bertz CT molecular complexity index is 1220. The molecule has 1 amide bonds. The number of nitrogens with zero attached hydrogens (tertiary/aromatic N) is 3. The zero-order chi connectivity index (χ0) is 19.7. The predicted octanol–water partition coefficient (Wildman–Crippen LogP) is 3.44. The second kappa shape index (κ2) is 7.28. The number of carbonyl (C=O) groups is 1. The Hall–Kier alpha value is -3.46. The van der Waals surface area contributed by atoms with Gasteiger partial charge in [-0.15, -0.1) is 0 Å². The summed E-state index contributed by atoms with van der Waals surface area (Å²) in [6.45, 7) is -0.247. The zero-order valence-electron chi connectivity index (χ0n) is 14.2. The number of fused-ring (bicyclic) bond motifs is 1. The maximum absolute atomic E-state index is 13.1. The first-order chi connectivity index (χ1) is 13.5. The molecule has 28 heavy (non-hydrogen) atoms. The van der Waals surface area contributed by atoms with Gasteiger partial charge in [0.15, 0.2) is 0 Å². The van der Waals surface area contributed by atoms with E-state index >= 15 is 0 Å². The third kappa shape index (κ3) is 3.52. The van der Waals surface area contributed by atoms with Crippen LogP contribution < -0.4 is 10.9 Å². The van der Waals surface area contributed by atoms with Gasteiger partial charge in [-0.3, -0.25) is 14.2 Å². The van der Waals surface area contributed by atoms with Crippen molar-refractivity contribution in [2.75, 3.05) is 5.32 Å². The SMILES string of the molecule is O=C(Cn1cnc2c(-c3ccc(F)cc3)nsc2c1=O)Nc1ccc(F)cc1. The Morgan fingerprint density at radius 1 is 1.04 bits per heavy atom. The molecule has 2 heterocycles. The Kier molecular flexibility index (Phi) is 4.66. The van der Waals surface area contributed by atoms with E-state index in [0.717, 1.165) is 11.5 Å². The molecule has 2 aromatic heterocycles. The Morgan fingerprint density at radius 2 is 1.68 bits per heavy atom. The molecule has 140 valence electrons. The highest BCUT2D eigenvalue weighted by molar-refractivity contribution is 7.13. The van der Waals surface area contributed by atoms with Gasteiger partial charge in [0.25, 0.3) is 5.56 Å². The highest BCUT2D eigenvalue weighted by atomic mass is 32.1. The average Bonchev–Trinajstić information content (AvgIpc) is 3.11. The van der Waals surface area contributed by atoms with Crippen LogP contribution in [0, 0.1) is 11.6 Å². The largest absolute Gasteiger partial charge is 0.325 e. The van der Waals surface area contributed by atoms with Crippen LogP contribution in [0.25, 0.3) is 21.5 Å². The normalized spacial score (nSPS) is 10.9. The number of halogens is 2. The van der Waals surface area contributed by atoms with Gasteiger partial charge in [0, 0.05) is 11.3 Å². The van der Waals surface area contributed by atoms with Gasteiger partial charge in [-0.25, -0.2) is 13.8 Å². The average molecular weight is 398 g/mol. The van der Waals surface area contributed by atoms with E-state index in [2.05, 4.69) is 14.7 Å². The van der Waals surface area contributed by atoms with Crippen LogP contribution in [0.2, 0.25) is 0 Å². The minimum atomic E-state index is -0.446. The molecule has 0 spiro atoms. The molecule has 9 heteroatoms. The van der Waals surface area contributed by atoms with E-state index in [9.17, 15) is 18.4 Å². The quantitative estimate of drug-likeness (QED) is 0.571. The number of carbonyl (C=O) groups excluding carboxylic acids is 1. The molecule has 4 aromatic rings. The van der Waals surface area contributed by atoms with Crippen LogP contribution in [0.5, 0.6) is 0 Å². The molecule has 0 saturated heterocycles. The van der Waals surface area contributed by atoms with Crippen LogP contribution in [0.3, 0.4) is 0 Å². The molecular formula is C19H12F2N4O2S. The van der Waals surface area contributed by atoms with E-state index in [4.69, 9.17) is 0 Å². The van der Waals surface area contributed by atoms with Crippen molar-refractivity contribution in [2.24, 2.45) is 0 Å². The Balaban J connectivity index is 1.60. The van der Waals surface area contributed by atoms with Crippen molar-refractivity contribution in [2.45, 2.75) is 6.54 Å². The summed E-state index contributed by atoms with van der Waals surface area (Å²) < 4.78 is 31.8. The summed E-state index contributed by atoms with van der Waals surface area (Å²) in [6, 6.07) is 11.0. The lowest BCUT2D eigenvalue weighted by Gasteiger charge is -2.07. The third-order valence-electron chi connectivity index (χ3n) is 4.01. The molecule has 0 atom stereocenters. The molecule has 4 rings (SSSR count). The monoisotopic (exact) mass is 398 g/mol. The lowest BCUT2D eigenvalue weighted by Crippen LogP contribution is -2.27. The molecule has 2 aromatic carbocycles. The summed E-state index contributed by atoms with van der Waals surface area (Å²) in [5.41, 5.74) is 1.55. The topological polar surface area (TPSA) is 76.9 Å². The van der Waals surface area contributed by atoms with E-state index in [-0.39, 0.29) is 12.4 Å². The van der Waals surface area contributed by atoms with Gasteiger partial charge >= 0.3 is 0 Å². The van der Waals surface area contributed by atoms with Crippen molar-refractivity contribution < 1.29 is 13.6 Å². The van der Waals surface area contributed by atoms with E-state index < -0.39 is 17.3 Å². The molecule has 0 radical (unpaired) electrons. The van der Waals surface area contributed by atoms with E-state index in [1.54, 1.807) is 12.1 Å². The molecule has 0 saturated carbocycles. The van der Waals surface area contributed by atoms with Gasteiger partial charge in [0.2, 0.25) is 5.91 Å². The minimum Gasteiger partial charge on any atom is -0.325 e. The molecule has 0 bridgehead atoms. The minimum absolute atomic E-state index is 0.247. The van der Waals surface area contributed by atoms with E-state index in [0.29, 0.717) is 27.2 Å². The van der Waals surface area contributed by atoms with Crippen molar-refractivity contribution in [3.8, 4) is 11.3 Å². The Morgan fingerprint density at radius 3 is 2.36 bits per heavy atom. The first-order valence-corrected chi connectivity index (χ1v) is 8.95.